The van der Waals surface area contributed by atoms with Gasteiger partial charge in [0.1, 0.15) is 0 Å². The fourth-order valence-electron chi connectivity index (χ4n) is 2.31. The molecule has 4 heteroatoms. The fraction of sp³-hybridized carbons (Fsp3) is 0.571. The Balaban J connectivity index is 1.66. The van der Waals surface area contributed by atoms with Gasteiger partial charge in [-0.1, -0.05) is 19.3 Å². The van der Waals surface area contributed by atoms with Crippen LogP contribution in [0, 0.1) is 11.6 Å². The molecule has 0 unspecified atom stereocenters. The first-order valence-electron chi connectivity index (χ1n) is 6.57. The molecule has 0 atom stereocenters. The topological polar surface area (TPSA) is 12.0 Å². The molecule has 0 amide bonds. The van der Waals surface area contributed by atoms with Crippen molar-refractivity contribution in [2.45, 2.75) is 43.0 Å². The van der Waals surface area contributed by atoms with Gasteiger partial charge in [-0.05, 0) is 31.0 Å². The number of benzene rings is 1. The van der Waals surface area contributed by atoms with E-state index in [-0.39, 0.29) is 0 Å². The second-order valence-electron chi connectivity index (χ2n) is 4.71. The Bertz CT molecular complexity index is 378. The average Bonchev–Trinajstić information content (AvgIpc) is 2.40. The van der Waals surface area contributed by atoms with Crippen molar-refractivity contribution < 1.29 is 8.78 Å². The second-order valence-corrected chi connectivity index (χ2v) is 5.88. The minimum absolute atomic E-state index is 0.657. The highest BCUT2D eigenvalue weighted by molar-refractivity contribution is 7.99. The summed E-state index contributed by atoms with van der Waals surface area (Å²) in [5, 5.41) is 3.53. The van der Waals surface area contributed by atoms with Crippen molar-refractivity contribution in [2.24, 2.45) is 0 Å². The van der Waals surface area contributed by atoms with Crippen LogP contribution in [0.3, 0.4) is 0 Å². The van der Waals surface area contributed by atoms with Crippen molar-refractivity contribution in [1.29, 1.82) is 0 Å². The van der Waals surface area contributed by atoms with Gasteiger partial charge in [-0.15, -0.1) is 11.8 Å². The Kier molecular flexibility index (Phi) is 5.45. The Morgan fingerprint density at radius 2 is 1.89 bits per heavy atom. The molecule has 0 bridgehead atoms. The zero-order chi connectivity index (χ0) is 12.8. The van der Waals surface area contributed by atoms with E-state index in [1.807, 2.05) is 0 Å². The molecule has 1 N–H and O–H groups in total. The van der Waals surface area contributed by atoms with Crippen molar-refractivity contribution in [3.63, 3.8) is 0 Å². The predicted octanol–water partition coefficient (Wildman–Crippen LogP) is 3.98. The highest BCUT2D eigenvalue weighted by Crippen LogP contribution is 2.21. The molecule has 100 valence electrons. The third-order valence-electron chi connectivity index (χ3n) is 3.30. The fourth-order valence-corrected chi connectivity index (χ4v) is 3.11. The molecule has 18 heavy (non-hydrogen) atoms. The molecule has 0 radical (unpaired) electrons. The normalized spacial score (nSPS) is 17.0. The van der Waals surface area contributed by atoms with Crippen LogP contribution in [0.15, 0.2) is 23.1 Å². The molecule has 1 aliphatic rings. The van der Waals surface area contributed by atoms with E-state index < -0.39 is 11.6 Å². The molecule has 2 rings (SSSR count). The molecule has 1 aromatic rings. The summed E-state index contributed by atoms with van der Waals surface area (Å²) in [7, 11) is 0. The lowest BCUT2D eigenvalue weighted by Gasteiger charge is -2.22. The SMILES string of the molecule is Fc1ccc(SCCNC2CCCCC2)cc1F. The van der Waals surface area contributed by atoms with Crippen molar-refractivity contribution in [3.05, 3.63) is 29.8 Å². The lowest BCUT2D eigenvalue weighted by Crippen LogP contribution is -2.32. The predicted molar refractivity (Wildman–Crippen MR) is 72.0 cm³/mol. The van der Waals surface area contributed by atoms with Crippen LogP contribution in [0.25, 0.3) is 0 Å². The van der Waals surface area contributed by atoms with Gasteiger partial charge in [-0.2, -0.15) is 0 Å². The largest absolute Gasteiger partial charge is 0.313 e. The smallest absolute Gasteiger partial charge is 0.159 e. The van der Waals surface area contributed by atoms with E-state index >= 15 is 0 Å². The summed E-state index contributed by atoms with van der Waals surface area (Å²) >= 11 is 1.56. The molecule has 1 aromatic carbocycles. The molecule has 0 spiro atoms. The van der Waals surface area contributed by atoms with Crippen LogP contribution >= 0.6 is 11.8 Å². The summed E-state index contributed by atoms with van der Waals surface area (Å²) in [5.41, 5.74) is 0. The van der Waals surface area contributed by atoms with Gasteiger partial charge in [0, 0.05) is 23.2 Å². The molecule has 1 fully saturated rings. The standard InChI is InChI=1S/C14H19F2NS/c15-13-7-6-12(10-14(13)16)18-9-8-17-11-4-2-1-3-5-11/h6-7,10-11,17H,1-5,8-9H2. The van der Waals surface area contributed by atoms with Crippen LogP contribution in [0.4, 0.5) is 8.78 Å². The summed E-state index contributed by atoms with van der Waals surface area (Å²) in [6.45, 7) is 0.925. The van der Waals surface area contributed by atoms with E-state index in [4.69, 9.17) is 0 Å². The minimum Gasteiger partial charge on any atom is -0.313 e. The van der Waals surface area contributed by atoms with Crippen LogP contribution in [0.2, 0.25) is 0 Å². The molecular weight excluding hydrogens is 252 g/mol. The van der Waals surface area contributed by atoms with Gasteiger partial charge in [0.2, 0.25) is 0 Å². The van der Waals surface area contributed by atoms with Crippen molar-refractivity contribution in [2.75, 3.05) is 12.3 Å². The molecule has 0 aromatic heterocycles. The van der Waals surface area contributed by atoms with Crippen LogP contribution in [0.5, 0.6) is 0 Å². The molecule has 0 saturated heterocycles. The van der Waals surface area contributed by atoms with Crippen molar-refractivity contribution >= 4 is 11.8 Å². The second kappa shape index (κ2) is 7.10. The van der Waals surface area contributed by atoms with E-state index in [2.05, 4.69) is 5.32 Å². The highest BCUT2D eigenvalue weighted by atomic mass is 32.2. The van der Waals surface area contributed by atoms with Crippen LogP contribution < -0.4 is 5.32 Å². The van der Waals surface area contributed by atoms with Gasteiger partial charge in [-0.3, -0.25) is 0 Å². The first kappa shape index (κ1) is 13.8. The summed E-state index contributed by atoms with van der Waals surface area (Å²) < 4.78 is 25.7. The number of thioether (sulfide) groups is 1. The van der Waals surface area contributed by atoms with Crippen molar-refractivity contribution in [3.8, 4) is 0 Å². The molecular formula is C14H19F2NS. The summed E-state index contributed by atoms with van der Waals surface area (Å²) in [6.07, 6.45) is 6.56. The first-order chi connectivity index (χ1) is 8.75. The zero-order valence-electron chi connectivity index (χ0n) is 10.4. The molecule has 0 heterocycles. The van der Waals surface area contributed by atoms with Gasteiger partial charge in [0.05, 0.1) is 0 Å². The van der Waals surface area contributed by atoms with Gasteiger partial charge in [0.15, 0.2) is 11.6 Å². The maximum absolute atomic E-state index is 13.0. The maximum atomic E-state index is 13.0. The van der Waals surface area contributed by atoms with E-state index in [1.165, 1.54) is 44.2 Å². The lowest BCUT2D eigenvalue weighted by atomic mass is 9.96. The van der Waals surface area contributed by atoms with Gasteiger partial charge >= 0.3 is 0 Å². The number of hydrogen-bond acceptors (Lipinski definition) is 2. The quantitative estimate of drug-likeness (QED) is 0.642. The average molecular weight is 271 g/mol. The van der Waals surface area contributed by atoms with Gasteiger partial charge < -0.3 is 5.32 Å². The molecule has 1 aliphatic carbocycles. The van der Waals surface area contributed by atoms with E-state index in [1.54, 1.807) is 17.8 Å². The van der Waals surface area contributed by atoms with E-state index in [9.17, 15) is 8.78 Å². The third-order valence-corrected chi connectivity index (χ3v) is 4.30. The molecule has 1 saturated carbocycles. The number of nitrogens with one attached hydrogen (secondary N) is 1. The first-order valence-corrected chi connectivity index (χ1v) is 7.55. The third kappa shape index (κ3) is 4.25. The Hall–Kier alpha value is -0.610. The summed E-state index contributed by atoms with van der Waals surface area (Å²) in [4.78, 5) is 0.791. The number of halogens is 2. The van der Waals surface area contributed by atoms with Crippen LogP contribution in [0.1, 0.15) is 32.1 Å². The summed E-state index contributed by atoms with van der Waals surface area (Å²) in [5.74, 6) is -0.651. The Morgan fingerprint density at radius 1 is 1.11 bits per heavy atom. The Labute approximate surface area is 111 Å². The van der Waals surface area contributed by atoms with Crippen LogP contribution in [-0.4, -0.2) is 18.3 Å². The van der Waals surface area contributed by atoms with Crippen molar-refractivity contribution in [1.82, 2.24) is 5.32 Å². The monoisotopic (exact) mass is 271 g/mol. The van der Waals surface area contributed by atoms with E-state index in [0.29, 0.717) is 6.04 Å². The van der Waals surface area contributed by atoms with E-state index in [0.717, 1.165) is 17.2 Å². The number of hydrogen-bond donors (Lipinski definition) is 1. The zero-order valence-corrected chi connectivity index (χ0v) is 11.2. The minimum atomic E-state index is -0.778. The Morgan fingerprint density at radius 3 is 2.61 bits per heavy atom. The number of rotatable bonds is 5. The van der Waals surface area contributed by atoms with Gasteiger partial charge in [0.25, 0.3) is 0 Å². The summed E-state index contributed by atoms with van der Waals surface area (Å²) in [6, 6.07) is 4.74. The lowest BCUT2D eigenvalue weighted by molar-refractivity contribution is 0.381. The molecule has 0 aliphatic heterocycles. The van der Waals surface area contributed by atoms with Crippen LogP contribution in [-0.2, 0) is 0 Å². The molecule has 1 nitrogen and oxygen atoms in total. The van der Waals surface area contributed by atoms with Gasteiger partial charge in [-0.25, -0.2) is 8.78 Å². The maximum Gasteiger partial charge on any atom is 0.159 e. The highest BCUT2D eigenvalue weighted by Gasteiger charge is 2.11.